The number of carbonyl (C=O) groups excluding carboxylic acids is 2. The first-order valence-electron chi connectivity index (χ1n) is 7.67. The molecule has 1 unspecified atom stereocenters. The SMILES string of the molecule is COc1ccc(C2SC[C@H]3C(=O)N(c4ccccc4)C(=O)N23)cc1. The molecule has 4 rings (SSSR count). The molecule has 2 saturated heterocycles. The molecule has 0 N–H and O–H groups in total. The standard InChI is InChI=1S/C18H16N2O3S/c1-23-14-9-7-12(8-10-14)17-20-15(11-24-17)16(21)19(18(20)22)13-5-3-2-4-6-13/h2-10,15,17H,11H2,1H3/t15-,17?/m0/s1. The van der Waals surface area contributed by atoms with Crippen molar-refractivity contribution >= 4 is 29.4 Å². The van der Waals surface area contributed by atoms with E-state index in [0.717, 1.165) is 11.3 Å². The van der Waals surface area contributed by atoms with Crippen molar-refractivity contribution in [3.63, 3.8) is 0 Å². The van der Waals surface area contributed by atoms with Gasteiger partial charge in [0.1, 0.15) is 17.2 Å². The summed E-state index contributed by atoms with van der Waals surface area (Å²) in [7, 11) is 1.62. The highest BCUT2D eigenvalue weighted by molar-refractivity contribution is 7.99. The molecule has 6 heteroatoms. The van der Waals surface area contributed by atoms with E-state index in [1.807, 2.05) is 42.5 Å². The third kappa shape index (κ3) is 2.26. The number of benzene rings is 2. The molecule has 2 heterocycles. The Bertz CT molecular complexity index is 779. The van der Waals surface area contributed by atoms with Crippen LogP contribution in [0.1, 0.15) is 10.9 Å². The summed E-state index contributed by atoms with van der Waals surface area (Å²) in [4.78, 5) is 28.6. The zero-order valence-electron chi connectivity index (χ0n) is 13.1. The van der Waals surface area contributed by atoms with Crippen molar-refractivity contribution in [3.05, 3.63) is 60.2 Å². The Kier molecular flexibility index (Phi) is 3.69. The third-order valence-electron chi connectivity index (χ3n) is 4.33. The molecule has 122 valence electrons. The second-order valence-electron chi connectivity index (χ2n) is 5.67. The summed E-state index contributed by atoms with van der Waals surface area (Å²) in [5.74, 6) is 1.24. The number of amides is 3. The van der Waals surface area contributed by atoms with E-state index in [2.05, 4.69) is 0 Å². The van der Waals surface area contributed by atoms with Gasteiger partial charge in [-0.15, -0.1) is 11.8 Å². The van der Waals surface area contributed by atoms with Crippen LogP contribution in [0.3, 0.4) is 0 Å². The first-order chi connectivity index (χ1) is 11.7. The number of nitrogens with zero attached hydrogens (tertiary/aromatic N) is 2. The molecule has 0 aliphatic carbocycles. The molecule has 0 aromatic heterocycles. The van der Waals surface area contributed by atoms with Crippen LogP contribution in [0.2, 0.25) is 0 Å². The van der Waals surface area contributed by atoms with Crippen LogP contribution in [0.5, 0.6) is 5.75 Å². The normalized spacial score (nSPS) is 22.9. The fourth-order valence-corrected chi connectivity index (χ4v) is 4.54. The summed E-state index contributed by atoms with van der Waals surface area (Å²) in [5.41, 5.74) is 1.62. The van der Waals surface area contributed by atoms with Gasteiger partial charge in [0, 0.05) is 5.75 Å². The van der Waals surface area contributed by atoms with Crippen LogP contribution in [0, 0.1) is 0 Å². The summed E-state index contributed by atoms with van der Waals surface area (Å²) in [6.07, 6.45) is 0. The molecule has 0 spiro atoms. The van der Waals surface area contributed by atoms with Gasteiger partial charge in [0.05, 0.1) is 12.8 Å². The maximum Gasteiger partial charge on any atom is 0.333 e. The minimum Gasteiger partial charge on any atom is -0.497 e. The molecule has 2 aliphatic rings. The Morgan fingerprint density at radius 3 is 2.42 bits per heavy atom. The molecule has 2 atom stereocenters. The quantitative estimate of drug-likeness (QED) is 0.805. The zero-order valence-corrected chi connectivity index (χ0v) is 13.9. The lowest BCUT2D eigenvalue weighted by molar-refractivity contribution is -0.119. The smallest absolute Gasteiger partial charge is 0.333 e. The van der Waals surface area contributed by atoms with E-state index in [1.165, 1.54) is 4.90 Å². The Morgan fingerprint density at radius 1 is 1.04 bits per heavy atom. The number of hydrogen-bond acceptors (Lipinski definition) is 4. The van der Waals surface area contributed by atoms with Crippen molar-refractivity contribution in [1.29, 1.82) is 0 Å². The van der Waals surface area contributed by atoms with Gasteiger partial charge in [0.25, 0.3) is 5.91 Å². The van der Waals surface area contributed by atoms with Gasteiger partial charge in [0.15, 0.2) is 0 Å². The summed E-state index contributed by atoms with van der Waals surface area (Å²) >= 11 is 1.62. The monoisotopic (exact) mass is 340 g/mol. The molecule has 2 fully saturated rings. The Morgan fingerprint density at radius 2 is 1.75 bits per heavy atom. The van der Waals surface area contributed by atoms with Gasteiger partial charge in [-0.25, -0.2) is 9.69 Å². The van der Waals surface area contributed by atoms with Crippen molar-refractivity contribution < 1.29 is 14.3 Å². The third-order valence-corrected chi connectivity index (χ3v) is 5.66. The number of urea groups is 1. The predicted octanol–water partition coefficient (Wildman–Crippen LogP) is 3.28. The maximum absolute atomic E-state index is 12.9. The molecule has 0 radical (unpaired) electrons. The van der Waals surface area contributed by atoms with Crippen LogP contribution in [0.15, 0.2) is 54.6 Å². The number of para-hydroxylation sites is 1. The predicted molar refractivity (Wildman–Crippen MR) is 93.1 cm³/mol. The fraction of sp³-hybridized carbons (Fsp3) is 0.222. The van der Waals surface area contributed by atoms with Crippen LogP contribution < -0.4 is 9.64 Å². The topological polar surface area (TPSA) is 49.9 Å². The van der Waals surface area contributed by atoms with E-state index in [0.29, 0.717) is 11.4 Å². The van der Waals surface area contributed by atoms with E-state index in [4.69, 9.17) is 4.74 Å². The van der Waals surface area contributed by atoms with Crippen molar-refractivity contribution in [2.45, 2.75) is 11.4 Å². The van der Waals surface area contributed by atoms with Crippen molar-refractivity contribution in [2.24, 2.45) is 0 Å². The molecule has 2 aromatic carbocycles. The van der Waals surface area contributed by atoms with Crippen LogP contribution in [-0.2, 0) is 4.79 Å². The van der Waals surface area contributed by atoms with Crippen LogP contribution >= 0.6 is 11.8 Å². The average molecular weight is 340 g/mol. The molecular weight excluding hydrogens is 324 g/mol. The van der Waals surface area contributed by atoms with Gasteiger partial charge in [-0.1, -0.05) is 30.3 Å². The molecular formula is C18H16N2O3S. The summed E-state index contributed by atoms with van der Waals surface area (Å²) in [6, 6.07) is 16.1. The maximum atomic E-state index is 12.9. The molecule has 5 nitrogen and oxygen atoms in total. The van der Waals surface area contributed by atoms with E-state index < -0.39 is 6.04 Å². The number of imide groups is 1. The highest BCUT2D eigenvalue weighted by atomic mass is 32.2. The second kappa shape index (κ2) is 5.87. The summed E-state index contributed by atoms with van der Waals surface area (Å²) in [6.45, 7) is 0. The van der Waals surface area contributed by atoms with Gasteiger partial charge >= 0.3 is 6.03 Å². The molecule has 2 aliphatic heterocycles. The average Bonchev–Trinajstić information content (AvgIpc) is 3.17. The molecule has 24 heavy (non-hydrogen) atoms. The number of anilines is 1. The number of methoxy groups -OCH3 is 1. The highest BCUT2D eigenvalue weighted by Crippen LogP contribution is 2.46. The number of ether oxygens (including phenoxy) is 1. The van der Waals surface area contributed by atoms with Gasteiger partial charge in [-0.3, -0.25) is 9.69 Å². The lowest BCUT2D eigenvalue weighted by Crippen LogP contribution is -2.33. The minimum absolute atomic E-state index is 0.144. The Balaban J connectivity index is 1.65. The largest absolute Gasteiger partial charge is 0.497 e. The Hall–Kier alpha value is -2.47. The van der Waals surface area contributed by atoms with E-state index in [-0.39, 0.29) is 17.3 Å². The highest BCUT2D eigenvalue weighted by Gasteiger charge is 2.53. The van der Waals surface area contributed by atoms with Gasteiger partial charge in [0.2, 0.25) is 0 Å². The van der Waals surface area contributed by atoms with E-state index >= 15 is 0 Å². The van der Waals surface area contributed by atoms with Gasteiger partial charge in [-0.05, 0) is 29.8 Å². The number of fused-ring (bicyclic) bond motifs is 1. The van der Waals surface area contributed by atoms with Crippen molar-refractivity contribution in [3.8, 4) is 5.75 Å². The number of thioether (sulfide) groups is 1. The Labute approximate surface area is 144 Å². The van der Waals surface area contributed by atoms with Crippen molar-refractivity contribution in [2.75, 3.05) is 17.8 Å². The number of hydrogen-bond donors (Lipinski definition) is 0. The minimum atomic E-state index is -0.394. The van der Waals surface area contributed by atoms with Gasteiger partial charge < -0.3 is 4.74 Å². The summed E-state index contributed by atoms with van der Waals surface area (Å²) in [5, 5.41) is -0.147. The van der Waals surface area contributed by atoms with Crippen LogP contribution in [0.4, 0.5) is 10.5 Å². The first-order valence-corrected chi connectivity index (χ1v) is 8.72. The summed E-state index contributed by atoms with van der Waals surface area (Å²) < 4.78 is 5.18. The van der Waals surface area contributed by atoms with Crippen LogP contribution in [0.25, 0.3) is 0 Å². The first kappa shape index (κ1) is 15.1. The molecule has 0 saturated carbocycles. The number of carbonyl (C=O) groups is 2. The number of rotatable bonds is 3. The van der Waals surface area contributed by atoms with Crippen LogP contribution in [-0.4, -0.2) is 35.7 Å². The lowest BCUT2D eigenvalue weighted by atomic mass is 10.2. The second-order valence-corrected chi connectivity index (χ2v) is 6.79. The van der Waals surface area contributed by atoms with E-state index in [1.54, 1.807) is 35.9 Å². The van der Waals surface area contributed by atoms with Crippen molar-refractivity contribution in [1.82, 2.24) is 4.90 Å². The lowest BCUT2D eigenvalue weighted by Gasteiger charge is -2.23. The van der Waals surface area contributed by atoms with Gasteiger partial charge in [-0.2, -0.15) is 0 Å². The fourth-order valence-electron chi connectivity index (χ4n) is 3.13. The molecule has 2 aromatic rings. The van der Waals surface area contributed by atoms with E-state index in [9.17, 15) is 9.59 Å². The molecule has 3 amide bonds. The molecule has 0 bridgehead atoms. The zero-order chi connectivity index (χ0) is 16.7.